The van der Waals surface area contributed by atoms with Crippen molar-refractivity contribution in [3.05, 3.63) is 59.1 Å². The predicted octanol–water partition coefficient (Wildman–Crippen LogP) is 3.88. The highest BCUT2D eigenvalue weighted by Gasteiger charge is 2.28. The van der Waals surface area contributed by atoms with E-state index in [9.17, 15) is 14.4 Å². The highest BCUT2D eigenvalue weighted by molar-refractivity contribution is 6.34. The van der Waals surface area contributed by atoms with Gasteiger partial charge in [-0.15, -0.1) is 0 Å². The fourth-order valence-corrected chi connectivity index (χ4v) is 4.10. The van der Waals surface area contributed by atoms with Gasteiger partial charge in [0.05, 0.1) is 23.6 Å². The molecule has 2 aromatic rings. The number of ether oxygens (including phenoxy) is 1. The summed E-state index contributed by atoms with van der Waals surface area (Å²) in [5.74, 6) is 0.326. The van der Waals surface area contributed by atoms with Crippen LogP contribution in [0, 0.1) is 5.92 Å². The van der Waals surface area contributed by atoms with Crippen molar-refractivity contribution in [2.24, 2.45) is 5.92 Å². The maximum absolute atomic E-state index is 12.7. The Morgan fingerprint density at radius 3 is 2.39 bits per heavy atom. The molecule has 0 radical (unpaired) electrons. The Hall–Kier alpha value is -3.06. The summed E-state index contributed by atoms with van der Waals surface area (Å²) in [5, 5.41) is 6.11. The number of halogens is 1. The summed E-state index contributed by atoms with van der Waals surface area (Å²) in [5.41, 5.74) is 0.967. The molecule has 2 aromatic carbocycles. The normalized spacial score (nSPS) is 16.2. The molecular weight excluding hydrogens is 442 g/mol. The number of rotatable bonds is 8. The van der Waals surface area contributed by atoms with E-state index in [2.05, 4.69) is 10.6 Å². The average molecular weight is 470 g/mol. The molecule has 1 heterocycles. The van der Waals surface area contributed by atoms with E-state index in [1.165, 1.54) is 0 Å². The predicted molar refractivity (Wildman–Crippen MR) is 126 cm³/mol. The van der Waals surface area contributed by atoms with Crippen LogP contribution in [0.15, 0.2) is 48.5 Å². The minimum Gasteiger partial charge on any atom is -0.493 e. The summed E-state index contributed by atoms with van der Waals surface area (Å²) < 4.78 is 5.60. The van der Waals surface area contributed by atoms with Crippen LogP contribution in [0.2, 0.25) is 5.02 Å². The van der Waals surface area contributed by atoms with Gasteiger partial charge >= 0.3 is 0 Å². The summed E-state index contributed by atoms with van der Waals surface area (Å²) in [6, 6.07) is 14.6. The van der Waals surface area contributed by atoms with Crippen LogP contribution in [0.1, 0.15) is 42.5 Å². The van der Waals surface area contributed by atoms with Gasteiger partial charge in [0.1, 0.15) is 5.75 Å². The molecule has 174 valence electrons. The Morgan fingerprint density at radius 1 is 1.00 bits per heavy atom. The van der Waals surface area contributed by atoms with E-state index in [0.717, 1.165) is 18.6 Å². The number of nitrogens with one attached hydrogen (secondary N) is 2. The number of nitrogens with zero attached hydrogens (tertiary/aromatic N) is 1. The minimum atomic E-state index is -0.188. The molecule has 2 aliphatic rings. The second kappa shape index (κ2) is 10.7. The van der Waals surface area contributed by atoms with Crippen LogP contribution < -0.4 is 15.4 Å². The molecule has 3 amide bonds. The molecule has 2 N–H and O–H groups in total. The van der Waals surface area contributed by atoms with Crippen molar-refractivity contribution in [1.29, 1.82) is 0 Å². The van der Waals surface area contributed by atoms with Crippen LogP contribution in [0.5, 0.6) is 5.75 Å². The van der Waals surface area contributed by atoms with E-state index in [1.807, 2.05) is 30.3 Å². The Balaban J connectivity index is 1.20. The second-order valence-electron chi connectivity index (χ2n) is 8.50. The van der Waals surface area contributed by atoms with Crippen LogP contribution in [0.4, 0.5) is 5.69 Å². The number of anilines is 1. The summed E-state index contributed by atoms with van der Waals surface area (Å²) in [6.07, 6.45) is 3.52. The summed E-state index contributed by atoms with van der Waals surface area (Å²) in [6.45, 7) is 1.42. The Morgan fingerprint density at radius 2 is 1.73 bits per heavy atom. The largest absolute Gasteiger partial charge is 0.493 e. The molecule has 1 aliphatic heterocycles. The molecule has 0 aromatic heterocycles. The lowest BCUT2D eigenvalue weighted by Crippen LogP contribution is -2.41. The number of para-hydroxylation sites is 1. The molecule has 8 heteroatoms. The Labute approximate surface area is 198 Å². The van der Waals surface area contributed by atoms with Gasteiger partial charge < -0.3 is 20.3 Å². The van der Waals surface area contributed by atoms with Gasteiger partial charge in [-0.3, -0.25) is 14.4 Å². The van der Waals surface area contributed by atoms with Crippen molar-refractivity contribution in [3.8, 4) is 5.75 Å². The lowest BCUT2D eigenvalue weighted by molar-refractivity contribution is -0.135. The second-order valence-corrected chi connectivity index (χ2v) is 8.91. The first-order valence-electron chi connectivity index (χ1n) is 11.4. The van der Waals surface area contributed by atoms with Crippen LogP contribution in [0.25, 0.3) is 0 Å². The number of hydrogen-bond donors (Lipinski definition) is 2. The summed E-state index contributed by atoms with van der Waals surface area (Å²) >= 11 is 6.27. The van der Waals surface area contributed by atoms with Crippen LogP contribution in [-0.4, -0.2) is 48.4 Å². The molecular formula is C25H28ClN3O4. The van der Waals surface area contributed by atoms with E-state index in [0.29, 0.717) is 55.2 Å². The van der Waals surface area contributed by atoms with Crippen LogP contribution in [-0.2, 0) is 9.59 Å². The molecule has 0 atom stereocenters. The summed E-state index contributed by atoms with van der Waals surface area (Å²) in [4.78, 5) is 39.1. The number of carbonyl (C=O) groups is 3. The first-order valence-corrected chi connectivity index (χ1v) is 11.7. The van der Waals surface area contributed by atoms with Gasteiger partial charge in [0, 0.05) is 30.7 Å². The lowest BCUT2D eigenvalue weighted by atomic mass is 9.95. The number of likely N-dealkylation sites (tertiary alicyclic amines) is 1. The number of benzene rings is 2. The zero-order chi connectivity index (χ0) is 23.2. The van der Waals surface area contributed by atoms with E-state index in [-0.39, 0.29) is 29.7 Å². The smallest absolute Gasteiger partial charge is 0.253 e. The first kappa shape index (κ1) is 23.1. The molecule has 0 unspecified atom stereocenters. The third-order valence-electron chi connectivity index (χ3n) is 5.94. The summed E-state index contributed by atoms with van der Waals surface area (Å²) in [7, 11) is 0. The van der Waals surface area contributed by atoms with Gasteiger partial charge in [-0.05, 0) is 56.0 Å². The SMILES string of the molecule is O=C(NC1CC1)c1ccc(NC(=O)C2CCN(C(=O)CCOc3ccccc3)CC2)cc1Cl. The van der Waals surface area contributed by atoms with Gasteiger partial charge in [0.2, 0.25) is 11.8 Å². The molecule has 4 rings (SSSR count). The number of piperidine rings is 1. The third-order valence-corrected chi connectivity index (χ3v) is 6.25. The lowest BCUT2D eigenvalue weighted by Gasteiger charge is -2.31. The van der Waals surface area contributed by atoms with E-state index < -0.39 is 0 Å². The third kappa shape index (κ3) is 6.48. The maximum atomic E-state index is 12.7. The van der Waals surface area contributed by atoms with Crippen molar-refractivity contribution in [1.82, 2.24) is 10.2 Å². The minimum absolute atomic E-state index is 0.0386. The first-order chi connectivity index (χ1) is 16.0. The van der Waals surface area contributed by atoms with Crippen LogP contribution in [0.3, 0.4) is 0 Å². The fourth-order valence-electron chi connectivity index (χ4n) is 3.83. The Kier molecular flexibility index (Phi) is 7.50. The van der Waals surface area contributed by atoms with Gasteiger partial charge in [0.25, 0.3) is 5.91 Å². The van der Waals surface area contributed by atoms with Gasteiger partial charge in [-0.2, -0.15) is 0 Å². The highest BCUT2D eigenvalue weighted by Crippen LogP contribution is 2.25. The number of hydrogen-bond acceptors (Lipinski definition) is 4. The number of amides is 3. The van der Waals surface area contributed by atoms with E-state index in [1.54, 1.807) is 23.1 Å². The van der Waals surface area contributed by atoms with Crippen LogP contribution >= 0.6 is 11.6 Å². The molecule has 1 saturated carbocycles. The van der Waals surface area contributed by atoms with Crippen molar-refractivity contribution >= 4 is 35.0 Å². The molecule has 1 saturated heterocycles. The zero-order valence-corrected chi connectivity index (χ0v) is 19.1. The van der Waals surface area contributed by atoms with E-state index in [4.69, 9.17) is 16.3 Å². The molecule has 1 aliphatic carbocycles. The Bertz CT molecular complexity index is 1000. The molecule has 2 fully saturated rings. The van der Waals surface area contributed by atoms with Gasteiger partial charge in [-0.1, -0.05) is 29.8 Å². The molecule has 0 spiro atoms. The number of carbonyl (C=O) groups excluding carboxylic acids is 3. The zero-order valence-electron chi connectivity index (χ0n) is 18.4. The quantitative estimate of drug-likeness (QED) is 0.614. The maximum Gasteiger partial charge on any atom is 0.253 e. The van der Waals surface area contributed by atoms with Gasteiger partial charge in [-0.25, -0.2) is 0 Å². The molecule has 0 bridgehead atoms. The van der Waals surface area contributed by atoms with Gasteiger partial charge in [0.15, 0.2) is 0 Å². The highest BCUT2D eigenvalue weighted by atomic mass is 35.5. The average Bonchev–Trinajstić information content (AvgIpc) is 3.64. The van der Waals surface area contributed by atoms with Crippen molar-refractivity contribution in [3.63, 3.8) is 0 Å². The van der Waals surface area contributed by atoms with Crippen molar-refractivity contribution in [2.75, 3.05) is 25.0 Å². The van der Waals surface area contributed by atoms with Crippen molar-refractivity contribution < 1.29 is 19.1 Å². The molecule has 7 nitrogen and oxygen atoms in total. The fraction of sp³-hybridized carbons (Fsp3) is 0.400. The standard InChI is InChI=1S/C25H28ClN3O4/c26-22-16-19(8-9-21(22)25(32)27-18-6-7-18)28-24(31)17-10-13-29(14-11-17)23(30)12-15-33-20-4-2-1-3-5-20/h1-5,8-9,16-18H,6-7,10-15H2,(H,27,32)(H,28,31). The van der Waals surface area contributed by atoms with E-state index >= 15 is 0 Å². The topological polar surface area (TPSA) is 87.7 Å². The monoisotopic (exact) mass is 469 g/mol. The van der Waals surface area contributed by atoms with Crippen molar-refractivity contribution in [2.45, 2.75) is 38.1 Å². The molecule has 33 heavy (non-hydrogen) atoms.